The minimum atomic E-state index is -0.927. The lowest BCUT2D eigenvalue weighted by molar-refractivity contribution is -0.148. The van der Waals surface area contributed by atoms with Gasteiger partial charge < -0.3 is 4.74 Å². The first-order chi connectivity index (χ1) is 4.70. The Bertz CT molecular complexity index is 136. The van der Waals surface area contributed by atoms with E-state index in [1.807, 2.05) is 0 Å². The highest BCUT2D eigenvalue weighted by Crippen LogP contribution is 2.24. The van der Waals surface area contributed by atoms with Crippen molar-refractivity contribution in [2.75, 3.05) is 0 Å². The normalized spacial score (nSPS) is 32.2. The molecule has 0 aromatic heterocycles. The first-order valence-electron chi connectivity index (χ1n) is 3.51. The molecule has 2 unspecified atom stereocenters. The average Bonchev–Trinajstić information content (AvgIpc) is 2.15. The molecule has 0 bridgehead atoms. The maximum Gasteiger partial charge on any atom is 0.303 e. The SMILES string of the molecule is CC(=O)OC1CCCC1F. The Balaban J connectivity index is 2.33. The summed E-state index contributed by atoms with van der Waals surface area (Å²) in [6.07, 6.45) is 0.666. The molecule has 0 saturated heterocycles. The highest BCUT2D eigenvalue weighted by Gasteiger charge is 2.29. The smallest absolute Gasteiger partial charge is 0.303 e. The third-order valence-electron chi connectivity index (χ3n) is 1.69. The number of rotatable bonds is 1. The van der Waals surface area contributed by atoms with Crippen LogP contribution >= 0.6 is 0 Å². The van der Waals surface area contributed by atoms with E-state index in [1.165, 1.54) is 6.92 Å². The van der Waals surface area contributed by atoms with Gasteiger partial charge in [-0.15, -0.1) is 0 Å². The van der Waals surface area contributed by atoms with Crippen molar-refractivity contribution in [1.82, 2.24) is 0 Å². The van der Waals surface area contributed by atoms with Crippen LogP contribution < -0.4 is 0 Å². The van der Waals surface area contributed by atoms with Crippen LogP contribution in [0.25, 0.3) is 0 Å². The van der Waals surface area contributed by atoms with Gasteiger partial charge >= 0.3 is 5.97 Å². The fourth-order valence-electron chi connectivity index (χ4n) is 1.23. The summed E-state index contributed by atoms with van der Waals surface area (Å²) in [7, 11) is 0. The quantitative estimate of drug-likeness (QED) is 0.523. The number of hydrogen-bond acceptors (Lipinski definition) is 2. The van der Waals surface area contributed by atoms with Gasteiger partial charge in [0.2, 0.25) is 0 Å². The highest BCUT2D eigenvalue weighted by atomic mass is 19.1. The molecular formula is C7H11FO2. The third-order valence-corrected chi connectivity index (χ3v) is 1.69. The molecule has 1 aliphatic rings. The minimum Gasteiger partial charge on any atom is -0.459 e. The van der Waals surface area contributed by atoms with E-state index in [2.05, 4.69) is 0 Å². The topological polar surface area (TPSA) is 26.3 Å². The van der Waals surface area contributed by atoms with Crippen LogP contribution in [0, 0.1) is 0 Å². The predicted octanol–water partition coefficient (Wildman–Crippen LogP) is 1.44. The van der Waals surface area contributed by atoms with Crippen LogP contribution in [0.5, 0.6) is 0 Å². The van der Waals surface area contributed by atoms with Gasteiger partial charge in [-0.2, -0.15) is 0 Å². The first kappa shape index (κ1) is 7.51. The zero-order valence-corrected chi connectivity index (χ0v) is 5.97. The van der Waals surface area contributed by atoms with E-state index in [0.717, 1.165) is 6.42 Å². The molecule has 0 aromatic carbocycles. The zero-order valence-electron chi connectivity index (χ0n) is 5.97. The fraction of sp³-hybridized carbons (Fsp3) is 0.857. The molecule has 1 saturated carbocycles. The summed E-state index contributed by atoms with van der Waals surface area (Å²) in [6, 6.07) is 0. The van der Waals surface area contributed by atoms with Crippen LogP contribution in [0.15, 0.2) is 0 Å². The summed E-state index contributed by atoms with van der Waals surface area (Å²) in [5.41, 5.74) is 0. The van der Waals surface area contributed by atoms with Gasteiger partial charge in [-0.05, 0) is 19.3 Å². The van der Waals surface area contributed by atoms with Crippen LogP contribution in [-0.2, 0) is 9.53 Å². The van der Waals surface area contributed by atoms with Gasteiger partial charge in [0, 0.05) is 6.92 Å². The lowest BCUT2D eigenvalue weighted by atomic mass is 10.3. The van der Waals surface area contributed by atoms with Crippen LogP contribution in [0.4, 0.5) is 4.39 Å². The number of carbonyl (C=O) groups is 1. The molecule has 2 nitrogen and oxygen atoms in total. The van der Waals surface area contributed by atoms with Gasteiger partial charge in [-0.25, -0.2) is 4.39 Å². The Morgan fingerprint density at radius 3 is 2.70 bits per heavy atom. The maximum absolute atomic E-state index is 12.7. The van der Waals surface area contributed by atoms with Crippen molar-refractivity contribution in [2.24, 2.45) is 0 Å². The molecule has 0 N–H and O–H groups in total. The van der Waals surface area contributed by atoms with Gasteiger partial charge in [0.25, 0.3) is 0 Å². The Labute approximate surface area is 59.4 Å². The standard InChI is InChI=1S/C7H11FO2/c1-5(9)10-7-4-2-3-6(7)8/h6-7H,2-4H2,1H3. The molecule has 0 heterocycles. The Hall–Kier alpha value is -0.600. The second kappa shape index (κ2) is 2.99. The molecule has 58 valence electrons. The molecule has 1 fully saturated rings. The van der Waals surface area contributed by atoms with Gasteiger partial charge in [-0.3, -0.25) is 4.79 Å². The molecule has 3 heteroatoms. The molecule has 2 atom stereocenters. The van der Waals surface area contributed by atoms with Crippen molar-refractivity contribution in [1.29, 1.82) is 0 Å². The third kappa shape index (κ3) is 1.69. The van der Waals surface area contributed by atoms with Crippen molar-refractivity contribution in [3.8, 4) is 0 Å². The van der Waals surface area contributed by atoms with Gasteiger partial charge in [0.05, 0.1) is 0 Å². The minimum absolute atomic E-state index is 0.380. The summed E-state index contributed by atoms with van der Waals surface area (Å²) in [4.78, 5) is 10.4. The summed E-state index contributed by atoms with van der Waals surface area (Å²) in [5.74, 6) is -0.380. The summed E-state index contributed by atoms with van der Waals surface area (Å²) < 4.78 is 17.4. The Kier molecular flexibility index (Phi) is 2.25. The predicted molar refractivity (Wildman–Crippen MR) is 34.3 cm³/mol. The van der Waals surface area contributed by atoms with Crippen LogP contribution in [0.2, 0.25) is 0 Å². The molecule has 0 spiro atoms. The molecule has 0 aliphatic heterocycles. The highest BCUT2D eigenvalue weighted by molar-refractivity contribution is 5.66. The van der Waals surface area contributed by atoms with Crippen molar-refractivity contribution < 1.29 is 13.9 Å². The molecule has 10 heavy (non-hydrogen) atoms. The molecule has 1 rings (SSSR count). The number of carbonyl (C=O) groups excluding carboxylic acids is 1. The Morgan fingerprint density at radius 2 is 2.30 bits per heavy atom. The fourth-order valence-corrected chi connectivity index (χ4v) is 1.23. The van der Waals surface area contributed by atoms with Crippen molar-refractivity contribution in [2.45, 2.75) is 38.5 Å². The molecular weight excluding hydrogens is 135 g/mol. The van der Waals surface area contributed by atoms with E-state index in [-0.39, 0.29) is 5.97 Å². The van der Waals surface area contributed by atoms with E-state index in [9.17, 15) is 9.18 Å². The lowest BCUT2D eigenvalue weighted by Gasteiger charge is -2.11. The van der Waals surface area contributed by atoms with E-state index in [4.69, 9.17) is 4.74 Å². The molecule has 0 radical (unpaired) electrons. The lowest BCUT2D eigenvalue weighted by Crippen LogP contribution is -2.21. The monoisotopic (exact) mass is 146 g/mol. The van der Waals surface area contributed by atoms with Crippen molar-refractivity contribution in [3.63, 3.8) is 0 Å². The number of ether oxygens (including phenoxy) is 1. The van der Waals surface area contributed by atoms with Gasteiger partial charge in [-0.1, -0.05) is 0 Å². The van der Waals surface area contributed by atoms with Crippen LogP contribution in [0.3, 0.4) is 0 Å². The number of halogens is 1. The van der Waals surface area contributed by atoms with Crippen molar-refractivity contribution >= 4 is 5.97 Å². The summed E-state index contributed by atoms with van der Waals surface area (Å²) in [6.45, 7) is 1.31. The van der Waals surface area contributed by atoms with E-state index in [0.29, 0.717) is 12.8 Å². The average molecular weight is 146 g/mol. The first-order valence-corrected chi connectivity index (χ1v) is 3.51. The van der Waals surface area contributed by atoms with Crippen LogP contribution in [-0.4, -0.2) is 18.2 Å². The van der Waals surface area contributed by atoms with E-state index >= 15 is 0 Å². The Morgan fingerprint density at radius 1 is 1.60 bits per heavy atom. The molecule has 1 aliphatic carbocycles. The summed E-state index contributed by atoms with van der Waals surface area (Å²) >= 11 is 0. The number of hydrogen-bond donors (Lipinski definition) is 0. The van der Waals surface area contributed by atoms with Gasteiger partial charge in [0.15, 0.2) is 0 Å². The summed E-state index contributed by atoms with van der Waals surface area (Å²) in [5, 5.41) is 0. The molecule has 0 aromatic rings. The zero-order chi connectivity index (χ0) is 7.56. The maximum atomic E-state index is 12.7. The van der Waals surface area contributed by atoms with Gasteiger partial charge in [0.1, 0.15) is 12.3 Å². The number of esters is 1. The van der Waals surface area contributed by atoms with Crippen LogP contribution in [0.1, 0.15) is 26.2 Å². The second-order valence-corrected chi connectivity index (χ2v) is 2.59. The number of alkyl halides is 1. The van der Waals surface area contributed by atoms with E-state index < -0.39 is 12.3 Å². The largest absolute Gasteiger partial charge is 0.459 e. The van der Waals surface area contributed by atoms with Crippen molar-refractivity contribution in [3.05, 3.63) is 0 Å². The van der Waals surface area contributed by atoms with E-state index in [1.54, 1.807) is 0 Å². The second-order valence-electron chi connectivity index (χ2n) is 2.59. The molecule has 0 amide bonds.